The summed E-state index contributed by atoms with van der Waals surface area (Å²) in [7, 11) is 0. The van der Waals surface area contributed by atoms with E-state index in [9.17, 15) is 4.79 Å². The molecule has 2 aromatic rings. The Morgan fingerprint density at radius 3 is 2.39 bits per heavy atom. The number of hydrogen-bond acceptors (Lipinski definition) is 1. The Kier molecular flexibility index (Phi) is 2.55. The molecule has 0 aromatic heterocycles. The van der Waals surface area contributed by atoms with Gasteiger partial charge in [-0.1, -0.05) is 54.6 Å². The Hall–Kier alpha value is -1.89. The topological polar surface area (TPSA) is 17.1 Å². The van der Waals surface area contributed by atoms with Crippen LogP contribution in [0.5, 0.6) is 0 Å². The van der Waals surface area contributed by atoms with E-state index in [1.165, 1.54) is 5.56 Å². The molecule has 90 valence electrons. The van der Waals surface area contributed by atoms with Gasteiger partial charge >= 0.3 is 0 Å². The number of fused-ring (bicyclic) bond motifs is 1. The predicted octanol–water partition coefficient (Wildman–Crippen LogP) is 3.77. The average Bonchev–Trinajstić information content (AvgIpc) is 2.44. The molecule has 1 aliphatic carbocycles. The van der Waals surface area contributed by atoms with E-state index in [1.807, 2.05) is 36.4 Å². The average molecular weight is 236 g/mol. The molecule has 0 spiro atoms. The first-order chi connectivity index (χ1) is 8.72. The molecule has 1 heteroatoms. The molecule has 0 bridgehead atoms. The van der Waals surface area contributed by atoms with E-state index in [0.717, 1.165) is 24.0 Å². The lowest BCUT2D eigenvalue weighted by atomic mass is 9.68. The number of Topliss-reactive ketones (excluding diaryl/α,β-unsaturated/α-hetero) is 1. The van der Waals surface area contributed by atoms with Crippen molar-refractivity contribution in [1.29, 1.82) is 0 Å². The van der Waals surface area contributed by atoms with Gasteiger partial charge in [0.25, 0.3) is 0 Å². The maximum atomic E-state index is 12.7. The highest BCUT2D eigenvalue weighted by Gasteiger charge is 2.39. The van der Waals surface area contributed by atoms with Crippen molar-refractivity contribution in [2.45, 2.75) is 25.2 Å². The smallest absolute Gasteiger partial charge is 0.173 e. The maximum Gasteiger partial charge on any atom is 0.173 e. The highest BCUT2D eigenvalue weighted by molar-refractivity contribution is 6.05. The van der Waals surface area contributed by atoms with Gasteiger partial charge in [-0.2, -0.15) is 0 Å². The van der Waals surface area contributed by atoms with Crippen molar-refractivity contribution in [2.24, 2.45) is 0 Å². The maximum absolute atomic E-state index is 12.7. The minimum atomic E-state index is -0.365. The van der Waals surface area contributed by atoms with Gasteiger partial charge in [0.15, 0.2) is 5.78 Å². The van der Waals surface area contributed by atoms with E-state index in [2.05, 4.69) is 25.1 Å². The Bertz CT molecular complexity index is 586. The number of rotatable bonds is 1. The third-order valence-corrected chi connectivity index (χ3v) is 4.07. The van der Waals surface area contributed by atoms with E-state index in [0.29, 0.717) is 0 Å². The number of carbonyl (C=O) groups is 1. The zero-order valence-electron chi connectivity index (χ0n) is 10.5. The highest BCUT2D eigenvalue weighted by atomic mass is 16.1. The zero-order chi connectivity index (χ0) is 12.6. The van der Waals surface area contributed by atoms with Crippen molar-refractivity contribution in [2.75, 3.05) is 0 Å². The summed E-state index contributed by atoms with van der Waals surface area (Å²) in [5, 5.41) is 0. The quantitative estimate of drug-likeness (QED) is 0.736. The van der Waals surface area contributed by atoms with Gasteiger partial charge in [0.05, 0.1) is 5.41 Å². The van der Waals surface area contributed by atoms with Crippen LogP contribution in [0.4, 0.5) is 0 Å². The van der Waals surface area contributed by atoms with Crippen LogP contribution < -0.4 is 0 Å². The van der Waals surface area contributed by atoms with Crippen LogP contribution in [0.2, 0.25) is 0 Å². The summed E-state index contributed by atoms with van der Waals surface area (Å²) in [5.41, 5.74) is 2.85. The van der Waals surface area contributed by atoms with Gasteiger partial charge in [0.1, 0.15) is 0 Å². The molecule has 0 heterocycles. The molecular weight excluding hydrogens is 220 g/mol. The molecule has 0 amide bonds. The van der Waals surface area contributed by atoms with E-state index in [1.54, 1.807) is 0 Å². The van der Waals surface area contributed by atoms with Crippen LogP contribution in [0.15, 0.2) is 54.6 Å². The van der Waals surface area contributed by atoms with Gasteiger partial charge in [-0.3, -0.25) is 4.79 Å². The van der Waals surface area contributed by atoms with Crippen molar-refractivity contribution >= 4 is 5.78 Å². The molecule has 0 aliphatic heterocycles. The standard InChI is InChI=1S/C17H16O/c1-17(14-8-3-2-4-9-14)12-11-13-7-5-6-10-15(13)16(17)18/h2-10H,11-12H2,1H3. The monoisotopic (exact) mass is 236 g/mol. The van der Waals surface area contributed by atoms with Gasteiger partial charge in [0.2, 0.25) is 0 Å². The minimum Gasteiger partial charge on any atom is -0.293 e. The third kappa shape index (κ3) is 1.59. The summed E-state index contributed by atoms with van der Waals surface area (Å²) in [6.07, 6.45) is 1.88. The molecule has 1 unspecified atom stereocenters. The summed E-state index contributed by atoms with van der Waals surface area (Å²) in [6.45, 7) is 2.07. The lowest BCUT2D eigenvalue weighted by Gasteiger charge is -2.33. The van der Waals surface area contributed by atoms with Crippen molar-refractivity contribution in [3.63, 3.8) is 0 Å². The van der Waals surface area contributed by atoms with Crippen molar-refractivity contribution in [1.82, 2.24) is 0 Å². The second kappa shape index (κ2) is 4.09. The van der Waals surface area contributed by atoms with Crippen LogP contribution in [-0.2, 0) is 11.8 Å². The van der Waals surface area contributed by atoms with Crippen LogP contribution >= 0.6 is 0 Å². The zero-order valence-corrected chi connectivity index (χ0v) is 10.5. The van der Waals surface area contributed by atoms with E-state index in [4.69, 9.17) is 0 Å². The Labute approximate surface area is 107 Å². The van der Waals surface area contributed by atoms with Gasteiger partial charge in [0, 0.05) is 5.56 Å². The van der Waals surface area contributed by atoms with Crippen LogP contribution in [0, 0.1) is 0 Å². The molecule has 0 saturated carbocycles. The van der Waals surface area contributed by atoms with Crippen LogP contribution in [0.1, 0.15) is 34.8 Å². The normalized spacial score (nSPS) is 22.6. The Balaban J connectivity index is 2.10. The predicted molar refractivity (Wildman–Crippen MR) is 72.9 cm³/mol. The molecule has 0 N–H and O–H groups in total. The number of hydrogen-bond donors (Lipinski definition) is 0. The minimum absolute atomic E-state index is 0.260. The summed E-state index contributed by atoms with van der Waals surface area (Å²) in [6, 6.07) is 18.1. The molecule has 1 aliphatic rings. The van der Waals surface area contributed by atoms with E-state index >= 15 is 0 Å². The molecular formula is C17H16O. The first-order valence-electron chi connectivity index (χ1n) is 6.40. The summed E-state index contributed by atoms with van der Waals surface area (Å²) < 4.78 is 0. The molecule has 2 aromatic carbocycles. The summed E-state index contributed by atoms with van der Waals surface area (Å²) in [4.78, 5) is 12.7. The van der Waals surface area contributed by atoms with Crippen molar-refractivity contribution in [3.05, 3.63) is 71.3 Å². The highest BCUT2D eigenvalue weighted by Crippen LogP contribution is 2.37. The fraction of sp³-hybridized carbons (Fsp3) is 0.235. The van der Waals surface area contributed by atoms with Crippen LogP contribution in [0.3, 0.4) is 0 Å². The lowest BCUT2D eigenvalue weighted by molar-refractivity contribution is 0.0875. The van der Waals surface area contributed by atoms with Crippen LogP contribution in [-0.4, -0.2) is 5.78 Å². The molecule has 18 heavy (non-hydrogen) atoms. The fourth-order valence-corrected chi connectivity index (χ4v) is 2.84. The van der Waals surface area contributed by atoms with Gasteiger partial charge in [-0.25, -0.2) is 0 Å². The number of benzene rings is 2. The molecule has 1 nitrogen and oxygen atoms in total. The Morgan fingerprint density at radius 1 is 0.944 bits per heavy atom. The SMILES string of the molecule is CC1(c2ccccc2)CCc2ccccc2C1=O. The van der Waals surface area contributed by atoms with Crippen molar-refractivity contribution < 1.29 is 4.79 Å². The number of aryl methyl sites for hydroxylation is 1. The molecule has 3 rings (SSSR count). The molecule has 1 atom stereocenters. The first kappa shape index (κ1) is 11.2. The van der Waals surface area contributed by atoms with E-state index in [-0.39, 0.29) is 11.2 Å². The van der Waals surface area contributed by atoms with Crippen molar-refractivity contribution in [3.8, 4) is 0 Å². The fourth-order valence-electron chi connectivity index (χ4n) is 2.84. The van der Waals surface area contributed by atoms with E-state index < -0.39 is 0 Å². The molecule has 0 radical (unpaired) electrons. The number of carbonyl (C=O) groups excluding carboxylic acids is 1. The van der Waals surface area contributed by atoms with Gasteiger partial charge in [-0.15, -0.1) is 0 Å². The van der Waals surface area contributed by atoms with Crippen LogP contribution in [0.25, 0.3) is 0 Å². The summed E-state index contributed by atoms with van der Waals surface area (Å²) in [5.74, 6) is 0.260. The first-order valence-corrected chi connectivity index (χ1v) is 6.40. The van der Waals surface area contributed by atoms with Gasteiger partial charge < -0.3 is 0 Å². The largest absolute Gasteiger partial charge is 0.293 e. The second-order valence-electron chi connectivity index (χ2n) is 5.18. The Morgan fingerprint density at radius 2 is 1.61 bits per heavy atom. The number of ketones is 1. The lowest BCUT2D eigenvalue weighted by Crippen LogP contribution is -2.37. The summed E-state index contributed by atoms with van der Waals surface area (Å²) >= 11 is 0. The second-order valence-corrected chi connectivity index (χ2v) is 5.18. The molecule has 0 fully saturated rings. The molecule has 0 saturated heterocycles. The van der Waals surface area contributed by atoms with Gasteiger partial charge in [-0.05, 0) is 30.9 Å². The third-order valence-electron chi connectivity index (χ3n) is 4.07.